The van der Waals surface area contributed by atoms with Crippen molar-refractivity contribution in [1.29, 1.82) is 0 Å². The van der Waals surface area contributed by atoms with Crippen LogP contribution in [0.1, 0.15) is 25.0 Å². The van der Waals surface area contributed by atoms with Crippen LogP contribution in [0.5, 0.6) is 0 Å². The van der Waals surface area contributed by atoms with Crippen LogP contribution in [0.3, 0.4) is 0 Å². The summed E-state index contributed by atoms with van der Waals surface area (Å²) in [7, 11) is 0. The first kappa shape index (κ1) is 11.0. The molecular weight excluding hydrogens is 172 g/mol. The first-order valence-corrected chi connectivity index (χ1v) is 5.01. The van der Waals surface area contributed by atoms with Crippen molar-refractivity contribution >= 4 is 6.08 Å². The average Bonchev–Trinajstić information content (AvgIpc) is 2.18. The lowest BCUT2D eigenvalue weighted by Gasteiger charge is -2.07. The molecule has 0 saturated heterocycles. The van der Waals surface area contributed by atoms with Crippen LogP contribution in [0.25, 0.3) is 6.08 Å². The van der Waals surface area contributed by atoms with E-state index in [2.05, 4.69) is 32.6 Å². The van der Waals surface area contributed by atoms with Gasteiger partial charge in [0.1, 0.15) is 0 Å². The first-order valence-electron chi connectivity index (χ1n) is 5.01. The average molecular weight is 190 g/mol. The fraction of sp³-hybridized carbons (Fsp3) is 0.385. The van der Waals surface area contributed by atoms with Gasteiger partial charge < -0.3 is 4.74 Å². The van der Waals surface area contributed by atoms with Crippen LogP contribution in [0.15, 0.2) is 30.8 Å². The predicted molar refractivity (Wildman–Crippen MR) is 61.0 cm³/mol. The third kappa shape index (κ3) is 3.75. The van der Waals surface area contributed by atoms with E-state index in [1.807, 2.05) is 18.2 Å². The highest BCUT2D eigenvalue weighted by atomic mass is 16.5. The highest BCUT2D eigenvalue weighted by molar-refractivity contribution is 5.47. The zero-order valence-corrected chi connectivity index (χ0v) is 8.99. The van der Waals surface area contributed by atoms with Gasteiger partial charge in [-0.3, -0.25) is 0 Å². The van der Waals surface area contributed by atoms with Gasteiger partial charge in [-0.25, -0.2) is 0 Å². The molecule has 0 spiro atoms. The molecule has 0 radical (unpaired) electrons. The number of ether oxygens (including phenoxy) is 1. The molecule has 1 heteroatoms. The molecule has 0 unspecified atom stereocenters. The minimum Gasteiger partial charge on any atom is -0.377 e. The molecule has 1 nitrogen and oxygen atoms in total. The summed E-state index contributed by atoms with van der Waals surface area (Å²) in [5, 5.41) is 0. The molecule has 76 valence electrons. The van der Waals surface area contributed by atoms with Crippen LogP contribution in [-0.4, -0.2) is 6.61 Å². The lowest BCUT2D eigenvalue weighted by Crippen LogP contribution is -2.01. The maximum absolute atomic E-state index is 5.55. The molecule has 0 bridgehead atoms. The minimum atomic E-state index is 0.595. The summed E-state index contributed by atoms with van der Waals surface area (Å²) >= 11 is 0. The van der Waals surface area contributed by atoms with E-state index in [1.165, 1.54) is 5.56 Å². The Kier molecular flexibility index (Phi) is 4.41. The van der Waals surface area contributed by atoms with Crippen LogP contribution in [-0.2, 0) is 11.3 Å². The first-order chi connectivity index (χ1) is 6.72. The van der Waals surface area contributed by atoms with E-state index in [9.17, 15) is 0 Å². The fourth-order valence-electron chi connectivity index (χ4n) is 1.22. The van der Waals surface area contributed by atoms with Gasteiger partial charge in [0.05, 0.1) is 6.61 Å². The van der Waals surface area contributed by atoms with Crippen molar-refractivity contribution in [3.63, 3.8) is 0 Å². The Hall–Kier alpha value is -1.08. The monoisotopic (exact) mass is 190 g/mol. The Morgan fingerprint density at radius 1 is 1.43 bits per heavy atom. The summed E-state index contributed by atoms with van der Waals surface area (Å²) in [5.74, 6) is 0.595. The molecule has 0 saturated carbocycles. The summed E-state index contributed by atoms with van der Waals surface area (Å²) in [6.07, 6.45) is 1.85. The Labute approximate surface area is 86.4 Å². The topological polar surface area (TPSA) is 9.23 Å². The van der Waals surface area contributed by atoms with Gasteiger partial charge in [0, 0.05) is 6.61 Å². The van der Waals surface area contributed by atoms with Gasteiger partial charge >= 0.3 is 0 Å². The van der Waals surface area contributed by atoms with Crippen molar-refractivity contribution in [2.24, 2.45) is 5.92 Å². The minimum absolute atomic E-state index is 0.595. The largest absolute Gasteiger partial charge is 0.377 e. The zero-order chi connectivity index (χ0) is 10.4. The summed E-state index contributed by atoms with van der Waals surface area (Å²) in [5.41, 5.74) is 2.36. The molecular formula is C13H18O. The molecule has 0 aromatic heterocycles. The van der Waals surface area contributed by atoms with Crippen molar-refractivity contribution < 1.29 is 4.74 Å². The number of hydrogen-bond acceptors (Lipinski definition) is 1. The number of hydrogen-bond donors (Lipinski definition) is 0. The predicted octanol–water partition coefficient (Wildman–Crippen LogP) is 3.50. The van der Waals surface area contributed by atoms with Crippen molar-refractivity contribution in [3.05, 3.63) is 42.0 Å². The van der Waals surface area contributed by atoms with E-state index < -0.39 is 0 Å². The Bertz CT molecular complexity index is 289. The van der Waals surface area contributed by atoms with Gasteiger partial charge in [-0.2, -0.15) is 0 Å². The zero-order valence-electron chi connectivity index (χ0n) is 8.99. The lowest BCUT2D eigenvalue weighted by atomic mass is 10.1. The maximum atomic E-state index is 5.55. The van der Waals surface area contributed by atoms with E-state index in [4.69, 9.17) is 4.74 Å². The van der Waals surface area contributed by atoms with Crippen LogP contribution in [0.2, 0.25) is 0 Å². The fourth-order valence-corrected chi connectivity index (χ4v) is 1.22. The standard InChI is InChI=1S/C13H18O/c1-4-12-6-5-7-13(8-12)10-14-9-11(2)3/h4-8,11H,1,9-10H2,2-3H3. The number of benzene rings is 1. The van der Waals surface area contributed by atoms with Gasteiger partial charge in [-0.05, 0) is 23.1 Å². The second kappa shape index (κ2) is 5.61. The van der Waals surface area contributed by atoms with E-state index in [0.717, 1.165) is 12.2 Å². The second-order valence-electron chi connectivity index (χ2n) is 3.86. The van der Waals surface area contributed by atoms with Crippen LogP contribution in [0.4, 0.5) is 0 Å². The van der Waals surface area contributed by atoms with Gasteiger partial charge in [0.2, 0.25) is 0 Å². The second-order valence-corrected chi connectivity index (χ2v) is 3.86. The molecule has 0 aliphatic rings. The SMILES string of the molecule is C=Cc1cccc(COCC(C)C)c1. The molecule has 0 amide bonds. The highest BCUT2D eigenvalue weighted by Gasteiger charge is 1.96. The van der Waals surface area contributed by atoms with Gasteiger partial charge in [0.25, 0.3) is 0 Å². The van der Waals surface area contributed by atoms with E-state index in [1.54, 1.807) is 0 Å². The van der Waals surface area contributed by atoms with Crippen molar-refractivity contribution in [2.75, 3.05) is 6.61 Å². The molecule has 0 atom stereocenters. The third-order valence-electron chi connectivity index (χ3n) is 1.91. The van der Waals surface area contributed by atoms with Crippen molar-refractivity contribution in [3.8, 4) is 0 Å². The molecule has 1 aromatic carbocycles. The van der Waals surface area contributed by atoms with Crippen LogP contribution in [0, 0.1) is 5.92 Å². The molecule has 0 heterocycles. The Morgan fingerprint density at radius 2 is 2.21 bits per heavy atom. The van der Waals surface area contributed by atoms with Gasteiger partial charge in [0.15, 0.2) is 0 Å². The number of rotatable bonds is 5. The van der Waals surface area contributed by atoms with Crippen molar-refractivity contribution in [1.82, 2.24) is 0 Å². The molecule has 0 aliphatic carbocycles. The van der Waals surface area contributed by atoms with E-state index >= 15 is 0 Å². The summed E-state index contributed by atoms with van der Waals surface area (Å²) in [6.45, 7) is 9.56. The molecule has 1 aromatic rings. The summed E-state index contributed by atoms with van der Waals surface area (Å²) < 4.78 is 5.55. The molecule has 0 aliphatic heterocycles. The van der Waals surface area contributed by atoms with E-state index in [0.29, 0.717) is 12.5 Å². The van der Waals surface area contributed by atoms with Gasteiger partial charge in [-0.15, -0.1) is 0 Å². The molecule has 14 heavy (non-hydrogen) atoms. The highest BCUT2D eigenvalue weighted by Crippen LogP contribution is 2.08. The van der Waals surface area contributed by atoms with Gasteiger partial charge in [-0.1, -0.05) is 44.7 Å². The normalized spacial score (nSPS) is 10.5. The lowest BCUT2D eigenvalue weighted by molar-refractivity contribution is 0.0971. The molecule has 0 fully saturated rings. The summed E-state index contributed by atoms with van der Waals surface area (Å²) in [4.78, 5) is 0. The third-order valence-corrected chi connectivity index (χ3v) is 1.91. The molecule has 0 N–H and O–H groups in total. The maximum Gasteiger partial charge on any atom is 0.0717 e. The molecule has 1 rings (SSSR count). The smallest absolute Gasteiger partial charge is 0.0717 e. The van der Waals surface area contributed by atoms with E-state index in [-0.39, 0.29) is 0 Å². The quantitative estimate of drug-likeness (QED) is 0.690. The van der Waals surface area contributed by atoms with Crippen LogP contribution < -0.4 is 0 Å². The Morgan fingerprint density at radius 3 is 2.86 bits per heavy atom. The van der Waals surface area contributed by atoms with Crippen molar-refractivity contribution in [2.45, 2.75) is 20.5 Å². The van der Waals surface area contributed by atoms with Crippen LogP contribution >= 0.6 is 0 Å². The Balaban J connectivity index is 2.46. The summed E-state index contributed by atoms with van der Waals surface area (Å²) in [6, 6.07) is 8.25.